The van der Waals surface area contributed by atoms with Crippen molar-refractivity contribution in [3.63, 3.8) is 0 Å². The highest BCUT2D eigenvalue weighted by molar-refractivity contribution is 5.69. The Bertz CT molecular complexity index is 281. The van der Waals surface area contributed by atoms with E-state index in [4.69, 9.17) is 14.7 Å². The standard InChI is InChI=1S/C10H14N2O3/c11-6-8-3-5-15-10(13)12(8)7-9-2-1-4-14-9/h8-9H,1-5,7H2. The van der Waals surface area contributed by atoms with E-state index in [0.29, 0.717) is 19.6 Å². The van der Waals surface area contributed by atoms with Crippen molar-refractivity contribution in [2.45, 2.75) is 31.4 Å². The molecule has 5 nitrogen and oxygen atoms in total. The molecule has 0 bridgehead atoms. The summed E-state index contributed by atoms with van der Waals surface area (Å²) in [6.07, 6.45) is 2.27. The molecule has 2 unspecified atom stereocenters. The summed E-state index contributed by atoms with van der Waals surface area (Å²) in [7, 11) is 0. The second-order valence-electron chi connectivity index (χ2n) is 3.84. The highest BCUT2D eigenvalue weighted by atomic mass is 16.6. The van der Waals surface area contributed by atoms with Crippen LogP contribution in [0, 0.1) is 11.3 Å². The van der Waals surface area contributed by atoms with Crippen molar-refractivity contribution in [1.82, 2.24) is 4.90 Å². The maximum absolute atomic E-state index is 11.4. The molecule has 2 rings (SSSR count). The van der Waals surface area contributed by atoms with E-state index in [1.165, 1.54) is 4.90 Å². The molecule has 2 aliphatic rings. The zero-order chi connectivity index (χ0) is 10.7. The Balaban J connectivity index is 1.96. The molecule has 0 saturated carbocycles. The first-order chi connectivity index (χ1) is 7.31. The Kier molecular flexibility index (Phi) is 3.07. The molecule has 0 aromatic carbocycles. The van der Waals surface area contributed by atoms with E-state index in [2.05, 4.69) is 6.07 Å². The number of ether oxygens (including phenoxy) is 2. The van der Waals surface area contributed by atoms with Crippen LogP contribution in [0.15, 0.2) is 0 Å². The Morgan fingerprint density at radius 3 is 3.00 bits per heavy atom. The van der Waals surface area contributed by atoms with Crippen molar-refractivity contribution in [3.05, 3.63) is 0 Å². The zero-order valence-electron chi connectivity index (χ0n) is 8.52. The summed E-state index contributed by atoms with van der Waals surface area (Å²) >= 11 is 0. The topological polar surface area (TPSA) is 62.6 Å². The van der Waals surface area contributed by atoms with E-state index in [-0.39, 0.29) is 18.2 Å². The predicted molar refractivity (Wildman–Crippen MR) is 51.0 cm³/mol. The number of nitrogens with zero attached hydrogens (tertiary/aromatic N) is 2. The van der Waals surface area contributed by atoms with Crippen LogP contribution in [0.25, 0.3) is 0 Å². The zero-order valence-corrected chi connectivity index (χ0v) is 8.52. The predicted octanol–water partition coefficient (Wildman–Crippen LogP) is 0.900. The van der Waals surface area contributed by atoms with Gasteiger partial charge in [0, 0.05) is 13.0 Å². The maximum Gasteiger partial charge on any atom is 0.410 e. The number of hydrogen-bond donors (Lipinski definition) is 0. The Morgan fingerprint density at radius 1 is 1.47 bits per heavy atom. The summed E-state index contributed by atoms with van der Waals surface area (Å²) in [5.74, 6) is 0. The third-order valence-electron chi connectivity index (χ3n) is 2.80. The van der Waals surface area contributed by atoms with Crippen molar-refractivity contribution in [2.75, 3.05) is 19.8 Å². The first kappa shape index (κ1) is 10.2. The summed E-state index contributed by atoms with van der Waals surface area (Å²) in [6, 6.07) is 1.78. The molecule has 0 spiro atoms. The number of amides is 1. The lowest BCUT2D eigenvalue weighted by Crippen LogP contribution is -2.48. The molecule has 0 aliphatic carbocycles. The van der Waals surface area contributed by atoms with Gasteiger partial charge in [0.1, 0.15) is 6.04 Å². The minimum absolute atomic E-state index is 0.0755. The Hall–Kier alpha value is -1.28. The van der Waals surface area contributed by atoms with E-state index in [9.17, 15) is 4.79 Å². The summed E-state index contributed by atoms with van der Waals surface area (Å²) in [5, 5.41) is 8.91. The summed E-state index contributed by atoms with van der Waals surface area (Å²) in [5.41, 5.74) is 0. The lowest BCUT2D eigenvalue weighted by atomic mass is 10.1. The number of rotatable bonds is 2. The van der Waals surface area contributed by atoms with Crippen molar-refractivity contribution >= 4 is 6.09 Å². The first-order valence-corrected chi connectivity index (χ1v) is 5.26. The first-order valence-electron chi connectivity index (χ1n) is 5.26. The smallest absolute Gasteiger partial charge is 0.410 e. The molecule has 82 valence electrons. The van der Waals surface area contributed by atoms with Crippen LogP contribution >= 0.6 is 0 Å². The average molecular weight is 210 g/mol. The fourth-order valence-electron chi connectivity index (χ4n) is 1.97. The normalized spacial score (nSPS) is 31.1. The molecule has 2 atom stereocenters. The molecule has 2 saturated heterocycles. The third-order valence-corrected chi connectivity index (χ3v) is 2.80. The van der Waals surface area contributed by atoms with Gasteiger partial charge < -0.3 is 9.47 Å². The molecule has 2 heterocycles. The van der Waals surface area contributed by atoms with Crippen molar-refractivity contribution in [1.29, 1.82) is 5.26 Å². The molecule has 0 aromatic rings. The van der Waals surface area contributed by atoms with E-state index in [1.807, 2.05) is 0 Å². The van der Waals surface area contributed by atoms with Crippen molar-refractivity contribution in [3.8, 4) is 6.07 Å². The number of carbonyl (C=O) groups excluding carboxylic acids is 1. The van der Waals surface area contributed by atoms with Crippen LogP contribution in [-0.4, -0.2) is 42.9 Å². The van der Waals surface area contributed by atoms with Gasteiger partial charge in [0.15, 0.2) is 0 Å². The monoisotopic (exact) mass is 210 g/mol. The van der Waals surface area contributed by atoms with Gasteiger partial charge in [-0.15, -0.1) is 0 Å². The lowest BCUT2D eigenvalue weighted by Gasteiger charge is -2.32. The molecule has 0 N–H and O–H groups in total. The van der Waals surface area contributed by atoms with Gasteiger partial charge >= 0.3 is 6.09 Å². The van der Waals surface area contributed by atoms with Gasteiger partial charge in [-0.1, -0.05) is 0 Å². The van der Waals surface area contributed by atoms with Gasteiger partial charge in [-0.25, -0.2) is 4.79 Å². The maximum atomic E-state index is 11.4. The molecular formula is C10H14N2O3. The lowest BCUT2D eigenvalue weighted by molar-refractivity contribution is 0.0239. The third kappa shape index (κ3) is 2.21. The number of hydrogen-bond acceptors (Lipinski definition) is 4. The summed E-state index contributed by atoms with van der Waals surface area (Å²) in [4.78, 5) is 12.9. The number of cyclic esters (lactones) is 1. The van der Waals surface area contributed by atoms with Gasteiger partial charge in [-0.2, -0.15) is 5.26 Å². The van der Waals surface area contributed by atoms with Gasteiger partial charge in [-0.05, 0) is 12.8 Å². The molecule has 0 aromatic heterocycles. The van der Waals surface area contributed by atoms with Crippen LogP contribution in [0.5, 0.6) is 0 Å². The van der Waals surface area contributed by atoms with Crippen LogP contribution in [-0.2, 0) is 9.47 Å². The summed E-state index contributed by atoms with van der Waals surface area (Å²) < 4.78 is 10.4. The highest BCUT2D eigenvalue weighted by Gasteiger charge is 2.32. The van der Waals surface area contributed by atoms with Crippen molar-refractivity contribution < 1.29 is 14.3 Å². The Labute approximate surface area is 88.6 Å². The highest BCUT2D eigenvalue weighted by Crippen LogP contribution is 2.18. The number of carbonyl (C=O) groups is 1. The fourth-order valence-corrected chi connectivity index (χ4v) is 1.97. The molecule has 2 aliphatic heterocycles. The van der Waals surface area contributed by atoms with Gasteiger partial charge in [0.05, 0.1) is 25.3 Å². The van der Waals surface area contributed by atoms with Gasteiger partial charge in [0.25, 0.3) is 0 Å². The fraction of sp³-hybridized carbons (Fsp3) is 0.800. The second kappa shape index (κ2) is 4.49. The quantitative estimate of drug-likeness (QED) is 0.679. The Morgan fingerprint density at radius 2 is 2.33 bits per heavy atom. The average Bonchev–Trinajstić information content (AvgIpc) is 2.74. The second-order valence-corrected chi connectivity index (χ2v) is 3.84. The van der Waals surface area contributed by atoms with E-state index < -0.39 is 0 Å². The van der Waals surface area contributed by atoms with Crippen LogP contribution in [0.4, 0.5) is 4.79 Å². The number of nitriles is 1. The van der Waals surface area contributed by atoms with Gasteiger partial charge in [-0.3, -0.25) is 4.90 Å². The van der Waals surface area contributed by atoms with Crippen LogP contribution in [0.2, 0.25) is 0 Å². The van der Waals surface area contributed by atoms with Crippen LogP contribution < -0.4 is 0 Å². The molecule has 0 radical (unpaired) electrons. The van der Waals surface area contributed by atoms with E-state index in [0.717, 1.165) is 19.4 Å². The molecule has 2 fully saturated rings. The molecule has 5 heteroatoms. The van der Waals surface area contributed by atoms with Crippen molar-refractivity contribution in [2.24, 2.45) is 0 Å². The van der Waals surface area contributed by atoms with E-state index >= 15 is 0 Å². The largest absolute Gasteiger partial charge is 0.449 e. The van der Waals surface area contributed by atoms with E-state index in [1.54, 1.807) is 0 Å². The minimum Gasteiger partial charge on any atom is -0.449 e. The van der Waals surface area contributed by atoms with Gasteiger partial charge in [0.2, 0.25) is 0 Å². The van der Waals surface area contributed by atoms with Crippen LogP contribution in [0.1, 0.15) is 19.3 Å². The van der Waals surface area contributed by atoms with Crippen LogP contribution in [0.3, 0.4) is 0 Å². The molecule has 15 heavy (non-hydrogen) atoms. The molecular weight excluding hydrogens is 196 g/mol. The molecule has 1 amide bonds. The minimum atomic E-state index is -0.386. The SMILES string of the molecule is N#CC1CCOC(=O)N1CC1CCCO1. The summed E-state index contributed by atoms with van der Waals surface area (Å²) in [6.45, 7) is 1.58.